The van der Waals surface area contributed by atoms with Crippen molar-refractivity contribution in [2.24, 2.45) is 0 Å². The molecule has 1 aliphatic heterocycles. The number of hydrogen-bond donors (Lipinski definition) is 2. The Kier molecular flexibility index (Phi) is 4.48. The molecule has 0 radical (unpaired) electrons. The molecule has 2 atom stereocenters. The molecule has 0 aromatic heterocycles. The van der Waals surface area contributed by atoms with E-state index in [1.54, 1.807) is 48.5 Å². The minimum Gasteiger partial charge on any atom is -0.395 e. The van der Waals surface area contributed by atoms with Crippen LogP contribution in [-0.2, 0) is 15.6 Å². The van der Waals surface area contributed by atoms with Gasteiger partial charge in [-0.15, -0.1) is 0 Å². The Balaban J connectivity index is 1.99. The summed E-state index contributed by atoms with van der Waals surface area (Å²) in [6, 6.07) is 14.6. The van der Waals surface area contributed by atoms with E-state index in [0.717, 1.165) is 5.56 Å². The number of benzene rings is 2. The van der Waals surface area contributed by atoms with Crippen molar-refractivity contribution in [1.82, 2.24) is 4.31 Å². The third-order valence-corrected chi connectivity index (χ3v) is 6.61. The van der Waals surface area contributed by atoms with Gasteiger partial charge < -0.3 is 10.2 Å². The van der Waals surface area contributed by atoms with Crippen LogP contribution in [0.5, 0.6) is 0 Å². The van der Waals surface area contributed by atoms with Crippen LogP contribution in [0.15, 0.2) is 59.5 Å². The van der Waals surface area contributed by atoms with Gasteiger partial charge in [-0.1, -0.05) is 48.0 Å². The van der Waals surface area contributed by atoms with Gasteiger partial charge in [-0.2, -0.15) is 4.31 Å². The van der Waals surface area contributed by atoms with E-state index in [2.05, 4.69) is 0 Å². The molecule has 2 N–H and O–H groups in total. The fraction of sp³-hybridized carbons (Fsp3) is 0.333. The van der Waals surface area contributed by atoms with E-state index in [9.17, 15) is 18.6 Å². The molecule has 6 heteroatoms. The minimum atomic E-state index is -3.78. The number of hydrogen-bond acceptors (Lipinski definition) is 4. The van der Waals surface area contributed by atoms with Crippen LogP contribution in [0.25, 0.3) is 0 Å². The largest absolute Gasteiger partial charge is 0.395 e. The molecule has 1 saturated heterocycles. The van der Waals surface area contributed by atoms with E-state index in [1.807, 2.05) is 13.0 Å². The van der Waals surface area contributed by atoms with Crippen LogP contribution in [0.4, 0.5) is 0 Å². The lowest BCUT2D eigenvalue weighted by Gasteiger charge is -2.32. The van der Waals surface area contributed by atoms with Crippen LogP contribution < -0.4 is 0 Å². The average Bonchev–Trinajstić information content (AvgIpc) is 2.94. The molecule has 1 fully saturated rings. The SMILES string of the molecule is Cc1ccc(S(=O)(=O)N2CC[C@](O)(c3ccccc3)[C@H]2CO)cc1. The summed E-state index contributed by atoms with van der Waals surface area (Å²) < 4.78 is 27.1. The molecule has 0 aliphatic carbocycles. The van der Waals surface area contributed by atoms with Gasteiger partial charge in [0.05, 0.1) is 17.5 Å². The zero-order valence-electron chi connectivity index (χ0n) is 13.5. The van der Waals surface area contributed by atoms with Crippen LogP contribution in [-0.4, -0.2) is 42.1 Å². The summed E-state index contributed by atoms with van der Waals surface area (Å²) in [7, 11) is -3.78. The summed E-state index contributed by atoms with van der Waals surface area (Å²) >= 11 is 0. The standard InChI is InChI=1S/C18H21NO4S/c1-14-7-9-16(10-8-14)24(22,23)19-12-11-18(21,17(19)13-20)15-5-3-2-4-6-15/h2-10,17,20-21H,11-13H2,1H3/t17-,18+/m1/s1. The molecule has 0 bridgehead atoms. The molecule has 1 aliphatic rings. The van der Waals surface area contributed by atoms with Crippen LogP contribution in [0.2, 0.25) is 0 Å². The Labute approximate surface area is 142 Å². The Morgan fingerprint density at radius 1 is 1.12 bits per heavy atom. The average molecular weight is 347 g/mol. The number of rotatable bonds is 4. The fourth-order valence-electron chi connectivity index (χ4n) is 3.28. The van der Waals surface area contributed by atoms with E-state index in [1.165, 1.54) is 4.31 Å². The zero-order chi connectivity index (χ0) is 17.4. The molecule has 0 amide bonds. The molecule has 3 rings (SSSR count). The molecule has 24 heavy (non-hydrogen) atoms. The lowest BCUT2D eigenvalue weighted by atomic mass is 9.87. The first-order chi connectivity index (χ1) is 11.4. The van der Waals surface area contributed by atoms with Gasteiger partial charge in [0, 0.05) is 6.54 Å². The number of aryl methyl sites for hydroxylation is 1. The van der Waals surface area contributed by atoms with Gasteiger partial charge in [0.2, 0.25) is 10.0 Å². The number of aliphatic hydroxyl groups excluding tert-OH is 1. The predicted octanol–water partition coefficient (Wildman–Crippen LogP) is 1.64. The van der Waals surface area contributed by atoms with E-state index in [0.29, 0.717) is 5.56 Å². The van der Waals surface area contributed by atoms with Gasteiger partial charge >= 0.3 is 0 Å². The van der Waals surface area contributed by atoms with Gasteiger partial charge in [0.15, 0.2) is 0 Å². The molecule has 5 nitrogen and oxygen atoms in total. The van der Waals surface area contributed by atoms with E-state index < -0.39 is 28.3 Å². The summed E-state index contributed by atoms with van der Waals surface area (Å²) in [4.78, 5) is 0.170. The van der Waals surface area contributed by atoms with Crippen LogP contribution in [0.3, 0.4) is 0 Å². The van der Waals surface area contributed by atoms with Crippen molar-refractivity contribution >= 4 is 10.0 Å². The lowest BCUT2D eigenvalue weighted by molar-refractivity contribution is -0.00877. The molecule has 0 spiro atoms. The van der Waals surface area contributed by atoms with Crippen molar-refractivity contribution in [3.05, 3.63) is 65.7 Å². The second-order valence-electron chi connectivity index (χ2n) is 6.17. The minimum absolute atomic E-state index is 0.160. The maximum absolute atomic E-state index is 12.9. The van der Waals surface area contributed by atoms with Gasteiger partial charge in [-0.05, 0) is 31.0 Å². The topological polar surface area (TPSA) is 77.8 Å². The highest BCUT2D eigenvalue weighted by Crippen LogP contribution is 2.40. The lowest BCUT2D eigenvalue weighted by Crippen LogP contribution is -2.47. The maximum Gasteiger partial charge on any atom is 0.243 e. The molecular formula is C18H21NO4S. The van der Waals surface area contributed by atoms with Gasteiger partial charge in [-0.25, -0.2) is 8.42 Å². The molecular weight excluding hydrogens is 326 g/mol. The number of sulfonamides is 1. The second-order valence-corrected chi connectivity index (χ2v) is 8.06. The quantitative estimate of drug-likeness (QED) is 0.881. The third-order valence-electron chi connectivity index (χ3n) is 4.69. The Morgan fingerprint density at radius 2 is 1.75 bits per heavy atom. The number of aliphatic hydroxyl groups is 2. The van der Waals surface area contributed by atoms with E-state index in [4.69, 9.17) is 0 Å². The second kappa shape index (κ2) is 6.29. The first kappa shape index (κ1) is 17.1. The van der Waals surface area contributed by atoms with Crippen molar-refractivity contribution in [2.75, 3.05) is 13.2 Å². The number of nitrogens with zero attached hydrogens (tertiary/aromatic N) is 1. The first-order valence-electron chi connectivity index (χ1n) is 7.87. The normalized spacial score (nSPS) is 25.0. The molecule has 128 valence electrons. The van der Waals surface area contributed by atoms with Gasteiger partial charge in [0.1, 0.15) is 5.60 Å². The van der Waals surface area contributed by atoms with Crippen LogP contribution in [0, 0.1) is 6.92 Å². The van der Waals surface area contributed by atoms with Crippen LogP contribution in [0.1, 0.15) is 17.5 Å². The first-order valence-corrected chi connectivity index (χ1v) is 9.31. The van der Waals surface area contributed by atoms with E-state index in [-0.39, 0.29) is 17.9 Å². The summed E-state index contributed by atoms with van der Waals surface area (Å²) in [6.45, 7) is 1.60. The summed E-state index contributed by atoms with van der Waals surface area (Å²) in [5, 5.41) is 20.9. The van der Waals surface area contributed by atoms with Crippen molar-refractivity contribution in [2.45, 2.75) is 29.9 Å². The van der Waals surface area contributed by atoms with Gasteiger partial charge in [0.25, 0.3) is 0 Å². The zero-order valence-corrected chi connectivity index (χ0v) is 14.3. The summed E-state index contributed by atoms with van der Waals surface area (Å²) in [5.74, 6) is 0. The molecule has 0 unspecified atom stereocenters. The molecule has 2 aromatic rings. The Hall–Kier alpha value is -1.73. The maximum atomic E-state index is 12.9. The highest BCUT2D eigenvalue weighted by atomic mass is 32.2. The van der Waals surface area contributed by atoms with Crippen molar-refractivity contribution in [3.8, 4) is 0 Å². The van der Waals surface area contributed by atoms with Gasteiger partial charge in [-0.3, -0.25) is 0 Å². The smallest absolute Gasteiger partial charge is 0.243 e. The van der Waals surface area contributed by atoms with Crippen molar-refractivity contribution in [1.29, 1.82) is 0 Å². The molecule has 1 heterocycles. The van der Waals surface area contributed by atoms with Crippen molar-refractivity contribution < 1.29 is 18.6 Å². The molecule has 0 saturated carbocycles. The van der Waals surface area contributed by atoms with Crippen molar-refractivity contribution in [3.63, 3.8) is 0 Å². The summed E-state index contributed by atoms with van der Waals surface area (Å²) in [6.07, 6.45) is 0.243. The van der Waals surface area contributed by atoms with Crippen LogP contribution >= 0.6 is 0 Å². The highest BCUT2D eigenvalue weighted by Gasteiger charge is 2.51. The highest BCUT2D eigenvalue weighted by molar-refractivity contribution is 7.89. The summed E-state index contributed by atoms with van der Waals surface area (Å²) in [5.41, 5.74) is 0.189. The molecule has 2 aromatic carbocycles. The Bertz CT molecular complexity index is 805. The third kappa shape index (κ3) is 2.75. The monoisotopic (exact) mass is 347 g/mol. The van der Waals surface area contributed by atoms with E-state index >= 15 is 0 Å². The predicted molar refractivity (Wildman–Crippen MR) is 90.9 cm³/mol. The Morgan fingerprint density at radius 3 is 2.33 bits per heavy atom. The fourth-order valence-corrected chi connectivity index (χ4v) is 4.94.